The second-order valence-corrected chi connectivity index (χ2v) is 5.10. The van der Waals surface area contributed by atoms with Crippen LogP contribution >= 0.6 is 11.6 Å². The summed E-state index contributed by atoms with van der Waals surface area (Å²) in [5.74, 6) is 0.423. The van der Waals surface area contributed by atoms with Crippen LogP contribution in [0.5, 0.6) is 0 Å². The first-order chi connectivity index (χ1) is 11.1. The summed E-state index contributed by atoms with van der Waals surface area (Å²) in [5.41, 5.74) is 7.42. The van der Waals surface area contributed by atoms with E-state index in [0.29, 0.717) is 22.9 Å². The Bertz CT molecular complexity index is 837. The molecule has 3 rings (SSSR count). The summed E-state index contributed by atoms with van der Waals surface area (Å²) in [5, 5.41) is 2.93. The fourth-order valence-electron chi connectivity index (χ4n) is 1.93. The number of nitrogens with zero attached hydrogens (tertiary/aromatic N) is 3. The highest BCUT2D eigenvalue weighted by Gasteiger charge is 2.10. The number of hydrogen-bond acceptors (Lipinski definition) is 5. The predicted molar refractivity (Wildman–Crippen MR) is 89.1 cm³/mol. The normalized spacial score (nSPS) is 10.3. The first-order valence-electron chi connectivity index (χ1n) is 6.74. The monoisotopic (exact) mass is 325 g/mol. The number of nitrogens with one attached hydrogen (secondary N) is 1. The topological polar surface area (TPSA) is 93.8 Å². The van der Waals surface area contributed by atoms with E-state index in [4.69, 9.17) is 17.3 Å². The number of benzene rings is 1. The molecule has 0 atom stereocenters. The van der Waals surface area contributed by atoms with Crippen molar-refractivity contribution in [2.75, 3.05) is 11.1 Å². The molecule has 0 saturated carbocycles. The summed E-state index contributed by atoms with van der Waals surface area (Å²) in [6, 6.07) is 11.6. The highest BCUT2D eigenvalue weighted by atomic mass is 35.5. The molecule has 0 unspecified atom stereocenters. The van der Waals surface area contributed by atoms with E-state index in [1.807, 2.05) is 0 Å². The molecule has 3 N–H and O–H groups in total. The Balaban J connectivity index is 1.87. The predicted octanol–water partition coefficient (Wildman–Crippen LogP) is 3.03. The lowest BCUT2D eigenvalue weighted by molar-refractivity contribution is 0.102. The second-order valence-electron chi connectivity index (χ2n) is 4.71. The molecule has 0 fully saturated rings. The molecular weight excluding hydrogens is 314 g/mol. The fraction of sp³-hybridized carbons (Fsp3) is 0. The molecule has 1 aromatic carbocycles. The molecule has 0 aliphatic heterocycles. The molecule has 0 aliphatic carbocycles. The summed E-state index contributed by atoms with van der Waals surface area (Å²) in [4.78, 5) is 24.6. The number of carbonyl (C=O) groups excluding carboxylic acids is 1. The van der Waals surface area contributed by atoms with Gasteiger partial charge in [0.25, 0.3) is 5.91 Å². The van der Waals surface area contributed by atoms with E-state index in [-0.39, 0.29) is 11.1 Å². The number of hydrogen-bond donors (Lipinski definition) is 2. The summed E-state index contributed by atoms with van der Waals surface area (Å²) in [6.07, 6.45) is 3.26. The zero-order valence-electron chi connectivity index (χ0n) is 11.9. The van der Waals surface area contributed by atoms with E-state index in [0.717, 1.165) is 5.56 Å². The molecule has 0 bridgehead atoms. The van der Waals surface area contributed by atoms with Gasteiger partial charge in [0.15, 0.2) is 5.82 Å². The Morgan fingerprint density at radius 3 is 2.43 bits per heavy atom. The Kier molecular flexibility index (Phi) is 4.16. The zero-order valence-corrected chi connectivity index (χ0v) is 12.7. The first kappa shape index (κ1) is 14.9. The maximum Gasteiger partial charge on any atom is 0.256 e. The molecule has 114 valence electrons. The molecule has 23 heavy (non-hydrogen) atoms. The quantitative estimate of drug-likeness (QED) is 0.570. The van der Waals surface area contributed by atoms with Gasteiger partial charge in [-0.25, -0.2) is 9.97 Å². The molecule has 0 radical (unpaired) electrons. The minimum Gasteiger partial charge on any atom is -0.399 e. The van der Waals surface area contributed by atoms with Gasteiger partial charge in [-0.2, -0.15) is 0 Å². The Morgan fingerprint density at radius 1 is 1.04 bits per heavy atom. The van der Waals surface area contributed by atoms with Crippen molar-refractivity contribution in [3.05, 3.63) is 65.6 Å². The molecule has 0 aliphatic rings. The first-order valence-corrected chi connectivity index (χ1v) is 7.11. The van der Waals surface area contributed by atoms with E-state index in [2.05, 4.69) is 20.3 Å². The van der Waals surface area contributed by atoms with Gasteiger partial charge in [0.1, 0.15) is 11.0 Å². The van der Waals surface area contributed by atoms with Crippen LogP contribution < -0.4 is 11.1 Å². The Hall–Kier alpha value is -2.99. The number of halogens is 1. The van der Waals surface area contributed by atoms with Crippen molar-refractivity contribution >= 4 is 29.0 Å². The molecule has 1 amide bonds. The highest BCUT2D eigenvalue weighted by Crippen LogP contribution is 2.20. The minimum atomic E-state index is -0.305. The number of anilines is 2. The third-order valence-corrected chi connectivity index (χ3v) is 3.24. The number of aromatic nitrogens is 3. The van der Waals surface area contributed by atoms with Gasteiger partial charge in [0.2, 0.25) is 0 Å². The van der Waals surface area contributed by atoms with Crippen molar-refractivity contribution in [2.45, 2.75) is 0 Å². The van der Waals surface area contributed by atoms with Crippen LogP contribution in [0.1, 0.15) is 10.4 Å². The third-order valence-electron chi connectivity index (χ3n) is 3.05. The summed E-state index contributed by atoms with van der Waals surface area (Å²) in [7, 11) is 0. The molecule has 6 nitrogen and oxygen atoms in total. The van der Waals surface area contributed by atoms with Crippen LogP contribution in [0.15, 0.2) is 54.9 Å². The summed E-state index contributed by atoms with van der Waals surface area (Å²) in [6.45, 7) is 0. The maximum absolute atomic E-state index is 12.2. The molecule has 2 aromatic heterocycles. The number of nitrogen functional groups attached to an aromatic ring is 1. The SMILES string of the molecule is Nc1ccc(C(=O)Nc2cc(Cl)nc(-c3ccncc3)n2)cc1. The number of rotatable bonds is 3. The van der Waals surface area contributed by atoms with Crippen LogP contribution in [-0.4, -0.2) is 20.9 Å². The molecular formula is C16H12ClN5O. The number of carbonyl (C=O) groups is 1. The molecule has 0 saturated heterocycles. The van der Waals surface area contributed by atoms with Gasteiger partial charge in [0.05, 0.1) is 0 Å². The van der Waals surface area contributed by atoms with E-state index < -0.39 is 0 Å². The van der Waals surface area contributed by atoms with Crippen molar-refractivity contribution in [2.24, 2.45) is 0 Å². The minimum absolute atomic E-state index is 0.236. The van der Waals surface area contributed by atoms with Gasteiger partial charge >= 0.3 is 0 Å². The summed E-state index contributed by atoms with van der Waals surface area (Å²) >= 11 is 6.02. The number of nitrogens with two attached hydrogens (primary N) is 1. The molecule has 0 spiro atoms. The summed E-state index contributed by atoms with van der Waals surface area (Å²) < 4.78 is 0. The van der Waals surface area contributed by atoms with Gasteiger partial charge in [-0.1, -0.05) is 11.6 Å². The van der Waals surface area contributed by atoms with Crippen LogP contribution in [0, 0.1) is 0 Å². The van der Waals surface area contributed by atoms with Crippen LogP contribution in [0.4, 0.5) is 11.5 Å². The average molecular weight is 326 g/mol. The van der Waals surface area contributed by atoms with Crippen molar-refractivity contribution < 1.29 is 4.79 Å². The Labute approximate surface area is 137 Å². The average Bonchev–Trinajstić information content (AvgIpc) is 2.55. The lowest BCUT2D eigenvalue weighted by Crippen LogP contribution is -2.13. The zero-order chi connectivity index (χ0) is 16.2. The third kappa shape index (κ3) is 3.61. The van der Waals surface area contributed by atoms with Crippen molar-refractivity contribution in [3.8, 4) is 11.4 Å². The smallest absolute Gasteiger partial charge is 0.256 e. The van der Waals surface area contributed by atoms with Crippen LogP contribution in [-0.2, 0) is 0 Å². The maximum atomic E-state index is 12.2. The van der Waals surface area contributed by atoms with E-state index in [9.17, 15) is 4.79 Å². The lowest BCUT2D eigenvalue weighted by atomic mass is 10.2. The van der Waals surface area contributed by atoms with Gasteiger partial charge in [-0.05, 0) is 36.4 Å². The van der Waals surface area contributed by atoms with Crippen LogP contribution in [0.25, 0.3) is 11.4 Å². The van der Waals surface area contributed by atoms with Gasteiger partial charge in [-0.15, -0.1) is 0 Å². The fourth-order valence-corrected chi connectivity index (χ4v) is 2.12. The van der Waals surface area contributed by atoms with E-state index >= 15 is 0 Å². The van der Waals surface area contributed by atoms with Gasteiger partial charge < -0.3 is 11.1 Å². The van der Waals surface area contributed by atoms with Crippen LogP contribution in [0.2, 0.25) is 5.15 Å². The highest BCUT2D eigenvalue weighted by molar-refractivity contribution is 6.29. The van der Waals surface area contributed by atoms with E-state index in [1.54, 1.807) is 48.8 Å². The molecule has 2 heterocycles. The standard InChI is InChI=1S/C16H12ClN5O/c17-13-9-14(21-15(20-13)10-5-7-19-8-6-10)22-16(23)11-1-3-12(18)4-2-11/h1-9H,18H2,(H,20,21,22,23). The largest absolute Gasteiger partial charge is 0.399 e. The lowest BCUT2D eigenvalue weighted by Gasteiger charge is -2.07. The van der Waals surface area contributed by atoms with Crippen LogP contribution in [0.3, 0.4) is 0 Å². The number of pyridine rings is 1. The number of amides is 1. The van der Waals surface area contributed by atoms with E-state index in [1.165, 1.54) is 6.07 Å². The van der Waals surface area contributed by atoms with Crippen molar-refractivity contribution in [1.82, 2.24) is 15.0 Å². The Morgan fingerprint density at radius 2 is 1.74 bits per heavy atom. The second kappa shape index (κ2) is 6.41. The van der Waals surface area contributed by atoms with Crippen molar-refractivity contribution in [1.29, 1.82) is 0 Å². The molecule has 7 heteroatoms. The van der Waals surface area contributed by atoms with Gasteiger partial charge in [-0.3, -0.25) is 9.78 Å². The molecule has 3 aromatic rings. The van der Waals surface area contributed by atoms with Crippen molar-refractivity contribution in [3.63, 3.8) is 0 Å². The van der Waals surface area contributed by atoms with Gasteiger partial charge in [0, 0.05) is 35.3 Å².